The molecule has 1 aromatic carbocycles. The summed E-state index contributed by atoms with van der Waals surface area (Å²) < 4.78 is 4.93. The van der Waals surface area contributed by atoms with Crippen LogP contribution in [-0.2, 0) is 4.74 Å². The Labute approximate surface area is 111 Å². The van der Waals surface area contributed by atoms with Crippen LogP contribution in [-0.4, -0.2) is 49.0 Å². The maximum Gasteiger partial charge on any atom is 0.338 e. The number of aliphatic hydroxyl groups excluding tert-OH is 1. The number of benzene rings is 1. The third-order valence-corrected chi connectivity index (χ3v) is 3.00. The van der Waals surface area contributed by atoms with Gasteiger partial charge in [-0.3, -0.25) is 0 Å². The predicted molar refractivity (Wildman–Crippen MR) is 71.9 cm³/mol. The van der Waals surface area contributed by atoms with E-state index in [0.29, 0.717) is 36.6 Å². The van der Waals surface area contributed by atoms with Gasteiger partial charge in [-0.1, -0.05) is 0 Å². The molecule has 0 saturated carbocycles. The highest BCUT2D eigenvalue weighted by atomic mass is 16.5. The molecule has 0 aromatic heterocycles. The number of anilines is 2. The molecule has 6 heteroatoms. The summed E-state index contributed by atoms with van der Waals surface area (Å²) in [6.07, 6.45) is 0. The van der Waals surface area contributed by atoms with E-state index >= 15 is 0 Å². The summed E-state index contributed by atoms with van der Waals surface area (Å²) in [6, 6.07) is 3.07. The summed E-state index contributed by atoms with van der Waals surface area (Å²) >= 11 is 0. The van der Waals surface area contributed by atoms with Crippen molar-refractivity contribution >= 4 is 17.3 Å². The third-order valence-electron chi connectivity index (χ3n) is 3.00. The maximum atomic E-state index is 11.7. The van der Waals surface area contributed by atoms with Crippen molar-refractivity contribution in [2.75, 3.05) is 43.1 Å². The fraction of sp³-hybridized carbons (Fsp3) is 0.462. The zero-order valence-electron chi connectivity index (χ0n) is 10.8. The van der Waals surface area contributed by atoms with Gasteiger partial charge in [0.25, 0.3) is 0 Å². The first kappa shape index (κ1) is 13.5. The van der Waals surface area contributed by atoms with Crippen molar-refractivity contribution in [3.8, 4) is 5.75 Å². The lowest BCUT2D eigenvalue weighted by Gasteiger charge is -2.32. The second kappa shape index (κ2) is 5.79. The van der Waals surface area contributed by atoms with E-state index in [2.05, 4.69) is 5.32 Å². The molecule has 0 atom stereocenters. The number of carbonyl (C=O) groups is 1. The molecule has 3 N–H and O–H groups in total. The predicted octanol–water partition coefficient (Wildman–Crippen LogP) is 0.793. The van der Waals surface area contributed by atoms with Crippen molar-refractivity contribution in [3.63, 3.8) is 0 Å². The number of nitrogens with zero attached hydrogens (tertiary/aromatic N) is 1. The lowest BCUT2D eigenvalue weighted by atomic mass is 10.1. The number of nitrogens with one attached hydrogen (secondary N) is 1. The summed E-state index contributed by atoms with van der Waals surface area (Å²) in [5.41, 5.74) is 1.61. The number of hydrogen-bond acceptors (Lipinski definition) is 6. The monoisotopic (exact) mass is 266 g/mol. The second-order valence-electron chi connectivity index (χ2n) is 4.25. The SMILES string of the molecule is CCOC(=O)c1cc(O)c2c(c1)N(CCO)CCN2. The van der Waals surface area contributed by atoms with Crippen molar-refractivity contribution in [3.05, 3.63) is 17.7 Å². The number of hydrogen-bond donors (Lipinski definition) is 3. The van der Waals surface area contributed by atoms with E-state index in [9.17, 15) is 9.90 Å². The molecule has 0 aliphatic carbocycles. The van der Waals surface area contributed by atoms with E-state index in [1.165, 1.54) is 6.07 Å². The molecular formula is C13H18N2O4. The molecule has 0 amide bonds. The van der Waals surface area contributed by atoms with E-state index in [4.69, 9.17) is 9.84 Å². The van der Waals surface area contributed by atoms with Gasteiger partial charge < -0.3 is 25.2 Å². The Hall–Kier alpha value is -1.95. The summed E-state index contributed by atoms with van der Waals surface area (Å²) in [7, 11) is 0. The Morgan fingerprint density at radius 3 is 3.00 bits per heavy atom. The highest BCUT2D eigenvalue weighted by molar-refractivity contribution is 5.94. The molecule has 6 nitrogen and oxygen atoms in total. The molecule has 0 fully saturated rings. The van der Waals surface area contributed by atoms with Gasteiger partial charge in [0.15, 0.2) is 0 Å². The number of phenols is 1. The topological polar surface area (TPSA) is 82.0 Å². The summed E-state index contributed by atoms with van der Waals surface area (Å²) in [6.45, 7) is 3.88. The van der Waals surface area contributed by atoms with Crippen LogP contribution in [0.3, 0.4) is 0 Å². The van der Waals surface area contributed by atoms with Crippen LogP contribution in [0.1, 0.15) is 17.3 Å². The number of aromatic hydroxyl groups is 1. The summed E-state index contributed by atoms with van der Waals surface area (Å²) in [4.78, 5) is 13.7. The summed E-state index contributed by atoms with van der Waals surface area (Å²) in [5, 5.41) is 22.1. The van der Waals surface area contributed by atoms with Crippen LogP contribution in [0.25, 0.3) is 0 Å². The standard InChI is InChI=1S/C13H18N2O4/c1-2-19-13(18)9-7-10-12(11(17)8-9)14-3-4-15(10)5-6-16/h7-8,14,16-17H,2-6H2,1H3. The fourth-order valence-electron chi connectivity index (χ4n) is 2.16. The maximum absolute atomic E-state index is 11.7. The highest BCUT2D eigenvalue weighted by Gasteiger charge is 2.22. The third kappa shape index (κ3) is 2.73. The van der Waals surface area contributed by atoms with E-state index < -0.39 is 5.97 Å². The minimum absolute atomic E-state index is 0.0168. The van der Waals surface area contributed by atoms with Crippen LogP contribution in [0, 0.1) is 0 Å². The summed E-state index contributed by atoms with van der Waals surface area (Å²) in [5.74, 6) is -0.446. The van der Waals surface area contributed by atoms with Gasteiger partial charge in [0.05, 0.1) is 24.5 Å². The number of β-amino-alcohol motifs (C(OH)–C–C–N with tert-alkyl or cyclic N) is 1. The van der Waals surface area contributed by atoms with Crippen LogP contribution >= 0.6 is 0 Å². The molecule has 104 valence electrons. The molecule has 1 aliphatic rings. The van der Waals surface area contributed by atoms with E-state index in [0.717, 1.165) is 0 Å². The quantitative estimate of drug-likeness (QED) is 0.552. The van der Waals surface area contributed by atoms with Crippen molar-refractivity contribution in [1.29, 1.82) is 0 Å². The number of esters is 1. The Bertz CT molecular complexity index is 476. The number of carbonyl (C=O) groups excluding carboxylic acids is 1. The average molecular weight is 266 g/mol. The Balaban J connectivity index is 2.38. The van der Waals surface area contributed by atoms with Gasteiger partial charge >= 0.3 is 5.97 Å². The normalized spacial score (nSPS) is 13.7. The minimum atomic E-state index is -0.463. The van der Waals surface area contributed by atoms with Crippen molar-refractivity contribution < 1.29 is 19.7 Å². The first-order chi connectivity index (χ1) is 9.17. The van der Waals surface area contributed by atoms with Crippen molar-refractivity contribution in [2.24, 2.45) is 0 Å². The highest BCUT2D eigenvalue weighted by Crippen LogP contribution is 2.38. The van der Waals surface area contributed by atoms with E-state index in [1.54, 1.807) is 13.0 Å². The molecule has 19 heavy (non-hydrogen) atoms. The molecule has 2 rings (SSSR count). The Morgan fingerprint density at radius 2 is 2.32 bits per heavy atom. The van der Waals surface area contributed by atoms with E-state index in [1.807, 2.05) is 4.90 Å². The molecule has 1 heterocycles. The molecule has 0 unspecified atom stereocenters. The zero-order chi connectivity index (χ0) is 13.8. The van der Waals surface area contributed by atoms with Crippen molar-refractivity contribution in [1.82, 2.24) is 0 Å². The molecule has 0 bridgehead atoms. The number of phenolic OH excluding ortho intramolecular Hbond substituents is 1. The first-order valence-electron chi connectivity index (χ1n) is 6.31. The van der Waals surface area contributed by atoms with Gasteiger partial charge in [-0.05, 0) is 19.1 Å². The number of ether oxygens (including phenoxy) is 1. The van der Waals surface area contributed by atoms with Gasteiger partial charge in [0, 0.05) is 19.6 Å². The largest absolute Gasteiger partial charge is 0.506 e. The van der Waals surface area contributed by atoms with E-state index in [-0.39, 0.29) is 19.0 Å². The molecule has 0 saturated heterocycles. The molecule has 1 aromatic rings. The van der Waals surface area contributed by atoms with Crippen LogP contribution in [0.4, 0.5) is 11.4 Å². The number of aliphatic hydroxyl groups is 1. The van der Waals surface area contributed by atoms with Gasteiger partial charge in [-0.2, -0.15) is 0 Å². The lowest BCUT2D eigenvalue weighted by Crippen LogP contribution is -2.36. The lowest BCUT2D eigenvalue weighted by molar-refractivity contribution is 0.0526. The molecule has 0 spiro atoms. The minimum Gasteiger partial charge on any atom is -0.506 e. The van der Waals surface area contributed by atoms with Crippen LogP contribution in [0.2, 0.25) is 0 Å². The Morgan fingerprint density at radius 1 is 1.53 bits per heavy atom. The van der Waals surface area contributed by atoms with Gasteiger partial charge in [-0.25, -0.2) is 4.79 Å². The van der Waals surface area contributed by atoms with Crippen LogP contribution in [0.15, 0.2) is 12.1 Å². The average Bonchev–Trinajstić information content (AvgIpc) is 2.40. The number of rotatable bonds is 4. The van der Waals surface area contributed by atoms with Gasteiger partial charge in [-0.15, -0.1) is 0 Å². The van der Waals surface area contributed by atoms with Crippen LogP contribution < -0.4 is 10.2 Å². The Kier molecular flexibility index (Phi) is 4.11. The first-order valence-corrected chi connectivity index (χ1v) is 6.31. The number of fused-ring (bicyclic) bond motifs is 1. The molecular weight excluding hydrogens is 248 g/mol. The van der Waals surface area contributed by atoms with Crippen molar-refractivity contribution in [2.45, 2.75) is 6.92 Å². The van der Waals surface area contributed by atoms with Gasteiger partial charge in [0.1, 0.15) is 11.4 Å². The molecule has 1 aliphatic heterocycles. The fourth-order valence-corrected chi connectivity index (χ4v) is 2.16. The second-order valence-corrected chi connectivity index (χ2v) is 4.25. The van der Waals surface area contributed by atoms with Gasteiger partial charge in [0.2, 0.25) is 0 Å². The van der Waals surface area contributed by atoms with Crippen LogP contribution in [0.5, 0.6) is 5.75 Å². The zero-order valence-corrected chi connectivity index (χ0v) is 10.8. The smallest absolute Gasteiger partial charge is 0.338 e. The molecule has 0 radical (unpaired) electrons.